The lowest BCUT2D eigenvalue weighted by Gasteiger charge is -2.41. The standard InChI is InChI=1S/C29H34N4O5S/c1-5-37-28(34)17-24(22-14-20(3)29-25(16-22)30-31-32(29)4)21-11-10-19(2)23(15-21)18-33-12-13-38-26-8-6-7-9-27(26)39(33,35)36/h6-11,14-16,24,35-36H,5,12-13,17-18H2,1-4H3. The number of ether oxygens (including phenoxy) is 2. The summed E-state index contributed by atoms with van der Waals surface area (Å²) >= 11 is 0. The predicted molar refractivity (Wildman–Crippen MR) is 151 cm³/mol. The first-order valence-corrected chi connectivity index (χ1v) is 14.5. The fourth-order valence-electron chi connectivity index (χ4n) is 5.22. The Hall–Kier alpha value is -3.44. The predicted octanol–water partition coefficient (Wildman–Crippen LogP) is 5.59. The number of rotatable bonds is 7. The van der Waals surface area contributed by atoms with Gasteiger partial charge in [0.25, 0.3) is 0 Å². The fourth-order valence-corrected chi connectivity index (χ4v) is 6.80. The van der Waals surface area contributed by atoms with Gasteiger partial charge in [-0.2, -0.15) is 4.31 Å². The topological polar surface area (TPSA) is 110 Å². The van der Waals surface area contributed by atoms with Crippen LogP contribution in [0.4, 0.5) is 0 Å². The molecule has 206 valence electrons. The molecule has 5 rings (SSSR count). The van der Waals surface area contributed by atoms with E-state index < -0.39 is 10.8 Å². The van der Waals surface area contributed by atoms with Crippen molar-refractivity contribution in [1.82, 2.24) is 19.3 Å². The number of fused-ring (bicyclic) bond motifs is 2. The molecule has 0 bridgehead atoms. The normalized spacial score (nSPS) is 16.7. The SMILES string of the molecule is CCOC(=O)CC(c1ccc(C)c(CN2CCOc3ccccc3S2(O)O)c1)c1cc(C)c2c(c1)nnn2C. The maximum atomic E-state index is 12.7. The Morgan fingerprint density at radius 3 is 2.69 bits per heavy atom. The highest BCUT2D eigenvalue weighted by Gasteiger charge is 2.32. The monoisotopic (exact) mass is 550 g/mol. The number of hydrogen-bond acceptors (Lipinski definition) is 8. The Morgan fingerprint density at radius 2 is 1.90 bits per heavy atom. The first-order valence-electron chi connectivity index (χ1n) is 13.0. The van der Waals surface area contributed by atoms with Crippen LogP contribution in [0.15, 0.2) is 59.5 Å². The molecular formula is C29H34N4O5S. The number of esters is 1. The molecule has 1 aromatic heterocycles. The summed E-state index contributed by atoms with van der Waals surface area (Å²) in [6, 6.07) is 17.2. The fraction of sp³-hybridized carbons (Fsp3) is 0.345. The Bertz CT molecular complexity index is 1520. The van der Waals surface area contributed by atoms with Gasteiger partial charge in [0.2, 0.25) is 0 Å². The van der Waals surface area contributed by atoms with E-state index in [9.17, 15) is 13.9 Å². The van der Waals surface area contributed by atoms with E-state index in [0.717, 1.165) is 38.9 Å². The van der Waals surface area contributed by atoms with Crippen LogP contribution in [0.1, 0.15) is 47.1 Å². The first kappa shape index (κ1) is 27.1. The maximum Gasteiger partial charge on any atom is 0.306 e. The van der Waals surface area contributed by atoms with Crippen LogP contribution in [0, 0.1) is 13.8 Å². The molecule has 0 radical (unpaired) electrons. The average Bonchev–Trinajstić information content (AvgIpc) is 3.23. The summed E-state index contributed by atoms with van der Waals surface area (Å²) < 4.78 is 37.2. The van der Waals surface area contributed by atoms with Gasteiger partial charge in [-0.15, -0.1) is 15.9 Å². The molecule has 0 aliphatic carbocycles. The van der Waals surface area contributed by atoms with Gasteiger partial charge in [0.15, 0.2) is 0 Å². The summed E-state index contributed by atoms with van der Waals surface area (Å²) in [6.45, 7) is 7.14. The van der Waals surface area contributed by atoms with Gasteiger partial charge in [-0.05, 0) is 66.8 Å². The van der Waals surface area contributed by atoms with E-state index in [-0.39, 0.29) is 18.3 Å². The molecule has 1 aliphatic heterocycles. The molecule has 1 atom stereocenters. The lowest BCUT2D eigenvalue weighted by atomic mass is 9.86. The van der Waals surface area contributed by atoms with Crippen LogP contribution in [0.2, 0.25) is 0 Å². The zero-order chi connectivity index (χ0) is 27.7. The number of carbonyl (C=O) groups excluding carboxylic acids is 1. The lowest BCUT2D eigenvalue weighted by Crippen LogP contribution is -2.29. The van der Waals surface area contributed by atoms with Gasteiger partial charge in [-0.3, -0.25) is 13.9 Å². The minimum absolute atomic E-state index is 0.168. The van der Waals surface area contributed by atoms with Crippen molar-refractivity contribution >= 4 is 27.8 Å². The molecule has 0 saturated carbocycles. The van der Waals surface area contributed by atoms with Crippen molar-refractivity contribution in [2.45, 2.75) is 44.6 Å². The molecule has 2 N–H and O–H groups in total. The molecular weight excluding hydrogens is 516 g/mol. The third-order valence-electron chi connectivity index (χ3n) is 7.22. The van der Waals surface area contributed by atoms with Gasteiger partial charge in [0.1, 0.15) is 22.8 Å². The second-order valence-corrected chi connectivity index (χ2v) is 11.8. The number of hydrogen-bond donors (Lipinski definition) is 2. The average molecular weight is 551 g/mol. The molecule has 1 unspecified atom stereocenters. The van der Waals surface area contributed by atoms with Crippen molar-refractivity contribution in [1.29, 1.82) is 0 Å². The lowest BCUT2D eigenvalue weighted by molar-refractivity contribution is -0.143. The van der Waals surface area contributed by atoms with Crippen LogP contribution in [-0.2, 0) is 23.1 Å². The summed E-state index contributed by atoms with van der Waals surface area (Å²) in [7, 11) is -1.39. The van der Waals surface area contributed by atoms with Crippen molar-refractivity contribution in [2.75, 3.05) is 19.8 Å². The number of benzene rings is 3. The molecule has 10 heteroatoms. The van der Waals surface area contributed by atoms with Crippen molar-refractivity contribution in [3.8, 4) is 5.75 Å². The zero-order valence-corrected chi connectivity index (χ0v) is 23.4. The van der Waals surface area contributed by atoms with Crippen LogP contribution >= 0.6 is 10.8 Å². The number of aryl methyl sites for hydroxylation is 3. The number of nitrogens with zero attached hydrogens (tertiary/aromatic N) is 4. The second kappa shape index (κ2) is 11.0. The smallest absolute Gasteiger partial charge is 0.306 e. The quantitative estimate of drug-likeness (QED) is 0.287. The van der Waals surface area contributed by atoms with E-state index in [2.05, 4.69) is 22.4 Å². The van der Waals surface area contributed by atoms with Crippen LogP contribution in [0.25, 0.3) is 11.0 Å². The molecule has 4 aromatic rings. The molecule has 0 spiro atoms. The Labute approximate surface area is 229 Å². The molecule has 0 saturated heterocycles. The van der Waals surface area contributed by atoms with E-state index >= 15 is 0 Å². The van der Waals surface area contributed by atoms with Crippen molar-refractivity contribution in [2.24, 2.45) is 7.05 Å². The number of aromatic nitrogens is 3. The Balaban J connectivity index is 1.53. The van der Waals surface area contributed by atoms with Crippen molar-refractivity contribution in [3.63, 3.8) is 0 Å². The van der Waals surface area contributed by atoms with Gasteiger partial charge >= 0.3 is 5.97 Å². The molecule has 3 aromatic carbocycles. The molecule has 1 aliphatic rings. The van der Waals surface area contributed by atoms with Gasteiger partial charge in [-0.25, -0.2) is 4.68 Å². The second-order valence-electron chi connectivity index (χ2n) is 9.84. The summed E-state index contributed by atoms with van der Waals surface area (Å²) in [5, 5.41) is 8.47. The zero-order valence-electron chi connectivity index (χ0n) is 22.6. The highest BCUT2D eigenvalue weighted by Crippen LogP contribution is 2.56. The summed E-state index contributed by atoms with van der Waals surface area (Å²) in [6.07, 6.45) is 0.168. The first-order chi connectivity index (χ1) is 18.7. The third-order valence-corrected chi connectivity index (χ3v) is 9.18. The van der Waals surface area contributed by atoms with E-state index in [4.69, 9.17) is 9.47 Å². The third kappa shape index (κ3) is 5.38. The minimum Gasteiger partial charge on any atom is -0.490 e. The van der Waals surface area contributed by atoms with Gasteiger partial charge < -0.3 is 9.47 Å². The Morgan fingerprint density at radius 1 is 1.10 bits per heavy atom. The van der Waals surface area contributed by atoms with E-state index in [1.54, 1.807) is 34.1 Å². The van der Waals surface area contributed by atoms with E-state index in [0.29, 0.717) is 36.9 Å². The van der Waals surface area contributed by atoms with Crippen LogP contribution in [-0.4, -0.2) is 54.1 Å². The van der Waals surface area contributed by atoms with Crippen LogP contribution in [0.3, 0.4) is 0 Å². The molecule has 2 heterocycles. The van der Waals surface area contributed by atoms with Crippen molar-refractivity contribution in [3.05, 3.63) is 82.4 Å². The van der Waals surface area contributed by atoms with Gasteiger partial charge in [-0.1, -0.05) is 41.6 Å². The minimum atomic E-state index is -3.26. The van der Waals surface area contributed by atoms with Crippen LogP contribution < -0.4 is 4.74 Å². The van der Waals surface area contributed by atoms with Gasteiger partial charge in [0, 0.05) is 19.5 Å². The number of para-hydroxylation sites is 1. The summed E-state index contributed by atoms with van der Waals surface area (Å²) in [4.78, 5) is 13.1. The summed E-state index contributed by atoms with van der Waals surface area (Å²) in [5.41, 5.74) is 6.59. The number of carbonyl (C=O) groups is 1. The van der Waals surface area contributed by atoms with Crippen molar-refractivity contribution < 1.29 is 23.4 Å². The maximum absolute atomic E-state index is 12.7. The Kier molecular flexibility index (Phi) is 7.64. The largest absolute Gasteiger partial charge is 0.490 e. The molecule has 39 heavy (non-hydrogen) atoms. The van der Waals surface area contributed by atoms with Gasteiger partial charge in [0.05, 0.1) is 25.1 Å². The van der Waals surface area contributed by atoms with Crippen LogP contribution in [0.5, 0.6) is 5.75 Å². The van der Waals surface area contributed by atoms with E-state index in [1.165, 1.54) is 0 Å². The highest BCUT2D eigenvalue weighted by atomic mass is 32.3. The molecule has 0 fully saturated rings. The highest BCUT2D eigenvalue weighted by molar-refractivity contribution is 8.22. The summed E-state index contributed by atoms with van der Waals surface area (Å²) in [5.74, 6) is -0.0613. The molecule has 9 nitrogen and oxygen atoms in total. The van der Waals surface area contributed by atoms with E-state index in [1.807, 2.05) is 45.2 Å². The molecule has 0 amide bonds.